The minimum atomic E-state index is 0.720. The molecule has 0 unspecified atom stereocenters. The molecule has 0 amide bonds. The number of halogens is 1. The van der Waals surface area contributed by atoms with Gasteiger partial charge in [0.25, 0.3) is 0 Å². The summed E-state index contributed by atoms with van der Waals surface area (Å²) in [5.74, 6) is 1.71. The summed E-state index contributed by atoms with van der Waals surface area (Å²) in [5.41, 5.74) is 2.16. The molecule has 2 nitrogen and oxygen atoms in total. The molecule has 0 fully saturated rings. The number of rotatable bonds is 4. The largest absolute Gasteiger partial charge is 0.457 e. The summed E-state index contributed by atoms with van der Waals surface area (Å²) in [7, 11) is 1.90. The van der Waals surface area contributed by atoms with Crippen molar-refractivity contribution in [1.82, 2.24) is 5.32 Å². The molecule has 0 aromatic heterocycles. The first-order valence-corrected chi connectivity index (χ1v) is 6.25. The normalized spacial score (nSPS) is 10.4. The van der Waals surface area contributed by atoms with Gasteiger partial charge in [0.1, 0.15) is 11.5 Å². The fourth-order valence-electron chi connectivity index (χ4n) is 1.77. The molecule has 2 aromatic carbocycles. The Labute approximate surface area is 113 Å². The molecule has 0 bridgehead atoms. The summed E-state index contributed by atoms with van der Waals surface area (Å²) in [6.07, 6.45) is 0. The molecule has 0 aliphatic heterocycles. The van der Waals surface area contributed by atoms with Crippen molar-refractivity contribution >= 4 is 11.6 Å². The van der Waals surface area contributed by atoms with E-state index in [0.717, 1.165) is 34.2 Å². The minimum absolute atomic E-state index is 0.720. The highest BCUT2D eigenvalue weighted by Crippen LogP contribution is 2.29. The lowest BCUT2D eigenvalue weighted by atomic mass is 10.2. The molecule has 0 saturated carbocycles. The van der Waals surface area contributed by atoms with Crippen molar-refractivity contribution < 1.29 is 4.74 Å². The quantitative estimate of drug-likeness (QED) is 0.892. The van der Waals surface area contributed by atoms with Crippen LogP contribution in [0.4, 0.5) is 0 Å². The molecule has 0 aliphatic carbocycles. The zero-order chi connectivity index (χ0) is 13.0. The van der Waals surface area contributed by atoms with Crippen molar-refractivity contribution in [1.29, 1.82) is 0 Å². The third-order valence-corrected chi connectivity index (χ3v) is 2.94. The minimum Gasteiger partial charge on any atom is -0.457 e. The number of aryl methyl sites for hydroxylation is 1. The smallest absolute Gasteiger partial charge is 0.132 e. The zero-order valence-corrected chi connectivity index (χ0v) is 11.3. The molecule has 0 radical (unpaired) electrons. The highest BCUT2D eigenvalue weighted by molar-refractivity contribution is 6.30. The third-order valence-electron chi connectivity index (χ3n) is 2.70. The fourth-order valence-corrected chi connectivity index (χ4v) is 1.96. The van der Waals surface area contributed by atoms with E-state index >= 15 is 0 Å². The Kier molecular flexibility index (Phi) is 4.24. The molecule has 0 aliphatic rings. The predicted molar refractivity (Wildman–Crippen MR) is 75.5 cm³/mol. The molecule has 0 saturated heterocycles. The number of hydrogen-bond acceptors (Lipinski definition) is 2. The second-order valence-corrected chi connectivity index (χ2v) is 4.59. The summed E-state index contributed by atoms with van der Waals surface area (Å²) in [5, 5.41) is 3.83. The first kappa shape index (κ1) is 12.9. The number of para-hydroxylation sites is 1. The maximum absolute atomic E-state index is 6.00. The number of nitrogens with one attached hydrogen (secondary N) is 1. The molecular weight excluding hydrogens is 246 g/mol. The Morgan fingerprint density at radius 2 is 1.89 bits per heavy atom. The van der Waals surface area contributed by atoms with E-state index in [-0.39, 0.29) is 0 Å². The number of benzene rings is 2. The average molecular weight is 262 g/mol. The Hall–Kier alpha value is -1.51. The van der Waals surface area contributed by atoms with Gasteiger partial charge in [-0.15, -0.1) is 0 Å². The van der Waals surface area contributed by atoms with Gasteiger partial charge < -0.3 is 10.1 Å². The van der Waals surface area contributed by atoms with Crippen molar-refractivity contribution in [3.63, 3.8) is 0 Å². The van der Waals surface area contributed by atoms with Gasteiger partial charge >= 0.3 is 0 Å². The van der Waals surface area contributed by atoms with E-state index in [1.54, 1.807) is 0 Å². The van der Waals surface area contributed by atoms with Crippen LogP contribution < -0.4 is 10.1 Å². The van der Waals surface area contributed by atoms with Gasteiger partial charge in [-0.2, -0.15) is 0 Å². The van der Waals surface area contributed by atoms with Crippen LogP contribution in [0.2, 0.25) is 5.02 Å². The number of ether oxygens (including phenoxy) is 1. The average Bonchev–Trinajstić information content (AvgIpc) is 2.35. The van der Waals surface area contributed by atoms with E-state index < -0.39 is 0 Å². The lowest BCUT2D eigenvalue weighted by Crippen LogP contribution is -2.06. The summed E-state index contributed by atoms with van der Waals surface area (Å²) < 4.78 is 5.95. The SMILES string of the molecule is CNCc1cc(Cl)ccc1Oc1ccccc1C. The summed E-state index contributed by atoms with van der Waals surface area (Å²) in [4.78, 5) is 0. The fraction of sp³-hybridized carbons (Fsp3) is 0.200. The second-order valence-electron chi connectivity index (χ2n) is 4.15. The first-order chi connectivity index (χ1) is 8.70. The summed E-state index contributed by atoms with van der Waals surface area (Å²) in [6.45, 7) is 2.75. The van der Waals surface area contributed by atoms with Crippen LogP contribution in [0, 0.1) is 6.92 Å². The van der Waals surface area contributed by atoms with E-state index in [0.29, 0.717) is 0 Å². The third kappa shape index (κ3) is 3.03. The van der Waals surface area contributed by atoms with Gasteiger partial charge in [-0.1, -0.05) is 29.8 Å². The Balaban J connectivity index is 2.31. The molecule has 94 valence electrons. The topological polar surface area (TPSA) is 21.3 Å². The van der Waals surface area contributed by atoms with Crippen LogP contribution in [0.1, 0.15) is 11.1 Å². The second kappa shape index (κ2) is 5.89. The highest BCUT2D eigenvalue weighted by Gasteiger charge is 2.06. The van der Waals surface area contributed by atoms with Gasteiger partial charge in [0.15, 0.2) is 0 Å². The van der Waals surface area contributed by atoms with Gasteiger partial charge in [0.05, 0.1) is 0 Å². The molecular formula is C15H16ClNO. The van der Waals surface area contributed by atoms with Crippen molar-refractivity contribution in [3.05, 3.63) is 58.6 Å². The van der Waals surface area contributed by atoms with Crippen molar-refractivity contribution in [2.75, 3.05) is 7.05 Å². The van der Waals surface area contributed by atoms with Gasteiger partial charge in [-0.05, 0) is 43.8 Å². The van der Waals surface area contributed by atoms with Gasteiger partial charge in [0.2, 0.25) is 0 Å². The van der Waals surface area contributed by atoms with Crippen molar-refractivity contribution in [3.8, 4) is 11.5 Å². The maximum Gasteiger partial charge on any atom is 0.132 e. The highest BCUT2D eigenvalue weighted by atomic mass is 35.5. The number of hydrogen-bond donors (Lipinski definition) is 1. The Bertz CT molecular complexity index is 540. The van der Waals surface area contributed by atoms with Crippen LogP contribution in [0.15, 0.2) is 42.5 Å². The lowest BCUT2D eigenvalue weighted by Gasteiger charge is -2.13. The molecule has 18 heavy (non-hydrogen) atoms. The van der Waals surface area contributed by atoms with E-state index in [9.17, 15) is 0 Å². The monoisotopic (exact) mass is 261 g/mol. The van der Waals surface area contributed by atoms with Crippen LogP contribution in [0.25, 0.3) is 0 Å². The predicted octanol–water partition coefficient (Wildman–Crippen LogP) is 4.16. The van der Waals surface area contributed by atoms with Crippen LogP contribution in [0.5, 0.6) is 11.5 Å². The summed E-state index contributed by atoms with van der Waals surface area (Å²) in [6, 6.07) is 13.6. The van der Waals surface area contributed by atoms with E-state index in [1.165, 1.54) is 0 Å². The first-order valence-electron chi connectivity index (χ1n) is 5.87. The zero-order valence-electron chi connectivity index (χ0n) is 10.5. The van der Waals surface area contributed by atoms with Crippen LogP contribution in [0.3, 0.4) is 0 Å². The standard InChI is InChI=1S/C15H16ClNO/c1-11-5-3-4-6-14(11)18-15-8-7-13(16)9-12(15)10-17-2/h3-9,17H,10H2,1-2H3. The molecule has 0 spiro atoms. The molecule has 2 rings (SSSR count). The van der Waals surface area contributed by atoms with E-state index in [2.05, 4.69) is 5.32 Å². The van der Waals surface area contributed by atoms with Crippen LogP contribution >= 0.6 is 11.6 Å². The van der Waals surface area contributed by atoms with Crippen molar-refractivity contribution in [2.24, 2.45) is 0 Å². The Morgan fingerprint density at radius 1 is 1.11 bits per heavy atom. The Morgan fingerprint density at radius 3 is 2.61 bits per heavy atom. The molecule has 1 N–H and O–H groups in total. The van der Waals surface area contributed by atoms with E-state index in [4.69, 9.17) is 16.3 Å². The van der Waals surface area contributed by atoms with Gasteiger partial charge in [-0.3, -0.25) is 0 Å². The maximum atomic E-state index is 6.00. The molecule has 2 aromatic rings. The van der Waals surface area contributed by atoms with Crippen molar-refractivity contribution in [2.45, 2.75) is 13.5 Å². The van der Waals surface area contributed by atoms with Gasteiger partial charge in [0, 0.05) is 17.1 Å². The molecule has 0 heterocycles. The van der Waals surface area contributed by atoms with Crippen LogP contribution in [-0.4, -0.2) is 7.05 Å². The van der Waals surface area contributed by atoms with E-state index in [1.807, 2.05) is 56.4 Å². The summed E-state index contributed by atoms with van der Waals surface area (Å²) >= 11 is 6.00. The molecule has 0 atom stereocenters. The molecule has 3 heteroatoms. The van der Waals surface area contributed by atoms with Crippen LogP contribution in [-0.2, 0) is 6.54 Å². The lowest BCUT2D eigenvalue weighted by molar-refractivity contribution is 0.471. The van der Waals surface area contributed by atoms with Gasteiger partial charge in [-0.25, -0.2) is 0 Å².